The Balaban J connectivity index is 1.33. The monoisotopic (exact) mass is 441 g/mol. The molecule has 0 aliphatic carbocycles. The van der Waals surface area contributed by atoms with Crippen molar-refractivity contribution in [3.05, 3.63) is 64.5 Å². The zero-order valence-electron chi connectivity index (χ0n) is 16.6. The summed E-state index contributed by atoms with van der Waals surface area (Å²) in [5, 5.41) is 22.7. The van der Waals surface area contributed by atoms with Gasteiger partial charge in [0.25, 0.3) is 5.69 Å². The molecule has 2 heterocycles. The summed E-state index contributed by atoms with van der Waals surface area (Å²) >= 11 is 1.37. The number of nitrogens with one attached hydrogen (secondary N) is 1. The summed E-state index contributed by atoms with van der Waals surface area (Å²) in [5.74, 6) is 2.09. The van der Waals surface area contributed by atoms with Gasteiger partial charge in [-0.2, -0.15) is 0 Å². The Bertz CT molecular complexity index is 1120. The molecule has 1 unspecified atom stereocenters. The van der Waals surface area contributed by atoms with Gasteiger partial charge in [0.2, 0.25) is 5.91 Å². The van der Waals surface area contributed by atoms with Crippen LogP contribution in [0, 0.1) is 10.1 Å². The van der Waals surface area contributed by atoms with E-state index in [-0.39, 0.29) is 29.8 Å². The van der Waals surface area contributed by atoms with Gasteiger partial charge < -0.3 is 19.4 Å². The van der Waals surface area contributed by atoms with Gasteiger partial charge in [-0.1, -0.05) is 36.0 Å². The van der Waals surface area contributed by atoms with Crippen molar-refractivity contribution >= 4 is 29.0 Å². The van der Waals surface area contributed by atoms with Crippen LogP contribution in [0.2, 0.25) is 0 Å². The lowest BCUT2D eigenvalue weighted by Gasteiger charge is -2.25. The summed E-state index contributed by atoms with van der Waals surface area (Å²) in [6.07, 6.45) is -0.223. The quantitative estimate of drug-likeness (QED) is 0.337. The molecular formula is C20H19N5O5S. The topological polar surface area (TPSA) is 121 Å². The first-order valence-electron chi connectivity index (χ1n) is 9.47. The molecule has 11 heteroatoms. The average Bonchev–Trinajstić information content (AvgIpc) is 3.14. The van der Waals surface area contributed by atoms with Gasteiger partial charge in [0.15, 0.2) is 28.6 Å². The maximum absolute atomic E-state index is 12.2. The number of nitro groups is 1. The highest BCUT2D eigenvalue weighted by Crippen LogP contribution is 2.35. The third-order valence-corrected chi connectivity index (χ3v) is 5.62. The third-order valence-electron chi connectivity index (χ3n) is 4.60. The Morgan fingerprint density at radius 1 is 1.23 bits per heavy atom. The standard InChI is InChI=1S/C20H19N5O5S/c1-24-19(17-12-29-15-8-4-5-9-16(15)30-17)22-23-20(24)31-11-10-18(26)21-13-6-2-3-7-14(13)25(27)28/h2-9,17H,10-12H2,1H3,(H,21,26). The zero-order chi connectivity index (χ0) is 21.8. The van der Waals surface area contributed by atoms with E-state index in [0.717, 1.165) is 0 Å². The number of amides is 1. The number of nitro benzene ring substituents is 1. The first-order chi connectivity index (χ1) is 15.0. The lowest BCUT2D eigenvalue weighted by atomic mass is 10.2. The number of hydrogen-bond donors (Lipinski definition) is 1. The maximum atomic E-state index is 12.2. The van der Waals surface area contributed by atoms with Gasteiger partial charge in [0.1, 0.15) is 12.3 Å². The molecular weight excluding hydrogens is 422 g/mol. The predicted octanol–water partition coefficient (Wildman–Crippen LogP) is 3.36. The van der Waals surface area contributed by atoms with Crippen LogP contribution in [0.3, 0.4) is 0 Å². The van der Waals surface area contributed by atoms with E-state index in [1.165, 1.54) is 23.9 Å². The van der Waals surface area contributed by atoms with E-state index < -0.39 is 4.92 Å². The minimum Gasteiger partial charge on any atom is -0.485 e. The zero-order valence-corrected chi connectivity index (χ0v) is 17.4. The molecule has 0 saturated carbocycles. The summed E-state index contributed by atoms with van der Waals surface area (Å²) in [6.45, 7) is 0.325. The molecule has 1 aromatic heterocycles. The van der Waals surface area contributed by atoms with E-state index in [1.807, 2.05) is 35.9 Å². The first-order valence-corrected chi connectivity index (χ1v) is 10.5. The van der Waals surface area contributed by atoms with Crippen molar-refractivity contribution in [2.45, 2.75) is 17.7 Å². The van der Waals surface area contributed by atoms with Crippen LogP contribution in [0.1, 0.15) is 18.3 Å². The Morgan fingerprint density at radius 3 is 2.77 bits per heavy atom. The summed E-state index contributed by atoms with van der Waals surface area (Å²) in [5.41, 5.74) is 0.0379. The molecule has 0 bridgehead atoms. The van der Waals surface area contributed by atoms with E-state index >= 15 is 0 Å². The molecule has 1 atom stereocenters. The minimum absolute atomic E-state index is 0.141. The Kier molecular flexibility index (Phi) is 6.03. The van der Waals surface area contributed by atoms with Crippen LogP contribution in [-0.2, 0) is 11.8 Å². The largest absolute Gasteiger partial charge is 0.485 e. The van der Waals surface area contributed by atoms with Gasteiger partial charge in [-0.05, 0) is 18.2 Å². The van der Waals surface area contributed by atoms with Gasteiger partial charge in [-0.25, -0.2) is 0 Å². The molecule has 4 rings (SSSR count). The number of rotatable bonds is 7. The number of nitrogens with zero attached hydrogens (tertiary/aromatic N) is 4. The highest BCUT2D eigenvalue weighted by Gasteiger charge is 2.27. The van der Waals surface area contributed by atoms with Crippen LogP contribution in [0.15, 0.2) is 53.7 Å². The highest BCUT2D eigenvalue weighted by molar-refractivity contribution is 7.99. The molecule has 0 radical (unpaired) electrons. The van der Waals surface area contributed by atoms with E-state index in [9.17, 15) is 14.9 Å². The van der Waals surface area contributed by atoms with Crippen molar-refractivity contribution in [1.29, 1.82) is 0 Å². The van der Waals surface area contributed by atoms with Crippen LogP contribution in [0.4, 0.5) is 11.4 Å². The molecule has 0 fully saturated rings. The molecule has 10 nitrogen and oxygen atoms in total. The van der Waals surface area contributed by atoms with Gasteiger partial charge in [0.05, 0.1) is 4.92 Å². The lowest BCUT2D eigenvalue weighted by molar-refractivity contribution is -0.383. The molecule has 3 aromatic rings. The van der Waals surface area contributed by atoms with Crippen molar-refractivity contribution in [1.82, 2.24) is 14.8 Å². The number of anilines is 1. The fourth-order valence-corrected chi connectivity index (χ4v) is 3.92. The van der Waals surface area contributed by atoms with Gasteiger partial charge in [-0.15, -0.1) is 10.2 Å². The number of carbonyl (C=O) groups excluding carboxylic acids is 1. The number of hydrogen-bond acceptors (Lipinski definition) is 8. The Hall–Kier alpha value is -3.60. The molecule has 1 aliphatic heterocycles. The summed E-state index contributed by atoms with van der Waals surface area (Å²) in [7, 11) is 1.83. The smallest absolute Gasteiger partial charge is 0.292 e. The number of carbonyl (C=O) groups is 1. The second-order valence-electron chi connectivity index (χ2n) is 6.68. The third kappa shape index (κ3) is 4.61. The summed E-state index contributed by atoms with van der Waals surface area (Å²) < 4.78 is 13.5. The van der Waals surface area contributed by atoms with Crippen LogP contribution < -0.4 is 14.8 Å². The van der Waals surface area contributed by atoms with Crippen molar-refractivity contribution in [3.63, 3.8) is 0 Å². The van der Waals surface area contributed by atoms with Crippen LogP contribution in [-0.4, -0.2) is 38.0 Å². The van der Waals surface area contributed by atoms with E-state index in [2.05, 4.69) is 15.5 Å². The van der Waals surface area contributed by atoms with Gasteiger partial charge in [-0.3, -0.25) is 14.9 Å². The van der Waals surface area contributed by atoms with E-state index in [1.54, 1.807) is 12.1 Å². The molecule has 0 spiro atoms. The maximum Gasteiger partial charge on any atom is 0.292 e. The number of para-hydroxylation sites is 4. The molecule has 2 aromatic carbocycles. The van der Waals surface area contributed by atoms with Crippen molar-refractivity contribution in [2.75, 3.05) is 17.7 Å². The van der Waals surface area contributed by atoms with Crippen molar-refractivity contribution < 1.29 is 19.2 Å². The SMILES string of the molecule is Cn1c(SCCC(=O)Nc2ccccc2[N+](=O)[O-])nnc1C1COc2ccccc2O1. The normalized spacial score (nSPS) is 14.8. The van der Waals surface area contributed by atoms with Crippen LogP contribution >= 0.6 is 11.8 Å². The number of thioether (sulfide) groups is 1. The van der Waals surface area contributed by atoms with Crippen molar-refractivity contribution in [2.24, 2.45) is 7.05 Å². The Morgan fingerprint density at radius 2 is 1.97 bits per heavy atom. The van der Waals surface area contributed by atoms with Crippen molar-refractivity contribution in [3.8, 4) is 11.5 Å². The number of aromatic nitrogens is 3. The average molecular weight is 441 g/mol. The lowest BCUT2D eigenvalue weighted by Crippen LogP contribution is -2.24. The van der Waals surface area contributed by atoms with Gasteiger partial charge >= 0.3 is 0 Å². The summed E-state index contributed by atoms with van der Waals surface area (Å²) in [6, 6.07) is 13.5. The number of ether oxygens (including phenoxy) is 2. The predicted molar refractivity (Wildman–Crippen MR) is 113 cm³/mol. The number of fused-ring (bicyclic) bond motifs is 1. The van der Waals surface area contributed by atoms with Gasteiger partial charge in [0, 0.05) is 25.3 Å². The molecule has 31 heavy (non-hydrogen) atoms. The second kappa shape index (κ2) is 9.04. The Labute approximate surface area is 181 Å². The van der Waals surface area contributed by atoms with E-state index in [0.29, 0.717) is 34.8 Å². The van der Waals surface area contributed by atoms with Crippen LogP contribution in [0.25, 0.3) is 0 Å². The molecule has 160 valence electrons. The molecule has 1 amide bonds. The first kappa shape index (κ1) is 20.7. The minimum atomic E-state index is -0.527. The van der Waals surface area contributed by atoms with E-state index in [4.69, 9.17) is 9.47 Å². The molecule has 1 aliphatic rings. The molecule has 1 N–H and O–H groups in total. The van der Waals surface area contributed by atoms with Crippen LogP contribution in [0.5, 0.6) is 11.5 Å². The summed E-state index contributed by atoms with van der Waals surface area (Å²) in [4.78, 5) is 22.7. The second-order valence-corrected chi connectivity index (χ2v) is 7.75. The highest BCUT2D eigenvalue weighted by atomic mass is 32.2. The fourth-order valence-electron chi connectivity index (χ4n) is 3.07. The fraction of sp³-hybridized carbons (Fsp3) is 0.250. The number of benzene rings is 2. The molecule has 0 saturated heterocycles.